The third kappa shape index (κ3) is 3.18. The molecule has 0 aliphatic carbocycles. The van der Waals surface area contributed by atoms with E-state index in [2.05, 4.69) is 15.9 Å². The minimum Gasteiger partial charge on any atom is -0.381 e. The molecule has 4 nitrogen and oxygen atoms in total. The largest absolute Gasteiger partial charge is 0.381 e. The number of sulfonamides is 1. The Labute approximate surface area is 122 Å². The average molecular weight is 348 g/mol. The van der Waals surface area contributed by atoms with Gasteiger partial charge in [0, 0.05) is 24.7 Å². The second-order valence-corrected chi connectivity index (χ2v) is 7.57. The lowest BCUT2D eigenvalue weighted by Crippen LogP contribution is -2.40. The molecule has 6 heteroatoms. The van der Waals surface area contributed by atoms with Gasteiger partial charge in [-0.1, -0.05) is 22.0 Å². The maximum Gasteiger partial charge on any atom is 0.243 e. The molecule has 19 heavy (non-hydrogen) atoms. The molecule has 1 aliphatic heterocycles. The van der Waals surface area contributed by atoms with Crippen LogP contribution in [0.2, 0.25) is 0 Å². The fraction of sp³-hybridized carbons (Fsp3) is 0.538. The monoisotopic (exact) mass is 347 g/mol. The van der Waals surface area contributed by atoms with Crippen molar-refractivity contribution >= 4 is 26.0 Å². The topological polar surface area (TPSA) is 46.6 Å². The molecular weight excluding hydrogens is 330 g/mol. The molecule has 0 N–H and O–H groups in total. The van der Waals surface area contributed by atoms with E-state index in [1.54, 1.807) is 17.5 Å². The smallest absolute Gasteiger partial charge is 0.243 e. The van der Waals surface area contributed by atoms with Crippen molar-refractivity contribution in [3.63, 3.8) is 0 Å². The average Bonchev–Trinajstić information content (AvgIpc) is 2.41. The van der Waals surface area contributed by atoms with E-state index >= 15 is 0 Å². The minimum atomic E-state index is -3.40. The number of ether oxygens (including phenoxy) is 1. The Hall–Kier alpha value is -0.430. The van der Waals surface area contributed by atoms with E-state index in [-0.39, 0.29) is 6.10 Å². The number of aryl methyl sites for hydroxylation is 1. The molecule has 0 radical (unpaired) electrons. The molecule has 0 amide bonds. The van der Waals surface area contributed by atoms with Crippen molar-refractivity contribution in [2.75, 3.05) is 20.2 Å². The molecule has 0 spiro atoms. The van der Waals surface area contributed by atoms with Gasteiger partial charge in [-0.05, 0) is 37.5 Å². The summed E-state index contributed by atoms with van der Waals surface area (Å²) in [6, 6.07) is 5.34. The quantitative estimate of drug-likeness (QED) is 0.844. The van der Waals surface area contributed by atoms with Crippen LogP contribution in [0, 0.1) is 6.92 Å². The van der Waals surface area contributed by atoms with Crippen molar-refractivity contribution in [3.05, 3.63) is 28.2 Å². The van der Waals surface area contributed by atoms with E-state index < -0.39 is 10.0 Å². The number of nitrogens with zero attached hydrogens (tertiary/aromatic N) is 1. The summed E-state index contributed by atoms with van der Waals surface area (Å²) in [6.07, 6.45) is 1.68. The van der Waals surface area contributed by atoms with E-state index in [4.69, 9.17) is 4.74 Å². The second kappa shape index (κ2) is 5.91. The lowest BCUT2D eigenvalue weighted by Gasteiger charge is -2.30. The molecule has 0 saturated carbocycles. The molecule has 1 aliphatic rings. The number of hydrogen-bond acceptors (Lipinski definition) is 3. The van der Waals surface area contributed by atoms with Crippen LogP contribution in [0.25, 0.3) is 0 Å². The van der Waals surface area contributed by atoms with Crippen LogP contribution in [-0.2, 0) is 14.8 Å². The zero-order chi connectivity index (χ0) is 14.0. The molecule has 1 aromatic rings. The van der Waals surface area contributed by atoms with E-state index in [0.717, 1.165) is 22.9 Å². The molecule has 106 valence electrons. The van der Waals surface area contributed by atoms with Crippen LogP contribution in [0.3, 0.4) is 0 Å². The van der Waals surface area contributed by atoms with Crippen LogP contribution in [0.5, 0.6) is 0 Å². The van der Waals surface area contributed by atoms with E-state index in [0.29, 0.717) is 18.0 Å². The van der Waals surface area contributed by atoms with E-state index in [1.165, 1.54) is 0 Å². The standard InChI is InChI=1S/C13H18BrNO3S/c1-10-3-4-11(14)9-13(10)19(16,17)15-7-5-12(18-2)6-8-15/h3-4,9,12H,5-8H2,1-2H3. The molecular formula is C13H18BrNO3S. The summed E-state index contributed by atoms with van der Waals surface area (Å²) >= 11 is 3.33. The van der Waals surface area contributed by atoms with E-state index in [9.17, 15) is 8.42 Å². The predicted molar refractivity (Wildman–Crippen MR) is 77.7 cm³/mol. The summed E-state index contributed by atoms with van der Waals surface area (Å²) in [5, 5.41) is 0. The van der Waals surface area contributed by atoms with Gasteiger partial charge in [0.2, 0.25) is 10.0 Å². The zero-order valence-corrected chi connectivity index (χ0v) is 13.5. The molecule has 0 aromatic heterocycles. The van der Waals surface area contributed by atoms with Crippen LogP contribution >= 0.6 is 15.9 Å². The third-order valence-corrected chi connectivity index (χ3v) is 6.04. The van der Waals surface area contributed by atoms with Gasteiger partial charge in [0.05, 0.1) is 11.0 Å². The molecule has 1 fully saturated rings. The lowest BCUT2D eigenvalue weighted by molar-refractivity contribution is 0.0604. The van der Waals surface area contributed by atoms with Crippen molar-refractivity contribution < 1.29 is 13.2 Å². The maximum atomic E-state index is 12.6. The molecule has 2 rings (SSSR count). The summed E-state index contributed by atoms with van der Waals surface area (Å²) in [7, 11) is -1.73. The fourth-order valence-electron chi connectivity index (χ4n) is 2.30. The Kier molecular flexibility index (Phi) is 4.66. The number of hydrogen-bond donors (Lipinski definition) is 0. The molecule has 0 unspecified atom stereocenters. The van der Waals surface area contributed by atoms with Crippen molar-refractivity contribution in [2.45, 2.75) is 30.8 Å². The first kappa shape index (κ1) is 15.0. The Bertz CT molecular complexity index is 551. The van der Waals surface area contributed by atoms with Gasteiger partial charge in [-0.15, -0.1) is 0 Å². The first-order valence-electron chi connectivity index (χ1n) is 6.24. The molecule has 0 atom stereocenters. The summed E-state index contributed by atoms with van der Waals surface area (Å²) in [5.74, 6) is 0. The predicted octanol–water partition coefficient (Wildman–Crippen LogP) is 2.56. The molecule has 1 heterocycles. The van der Waals surface area contributed by atoms with Gasteiger partial charge in [-0.3, -0.25) is 0 Å². The minimum absolute atomic E-state index is 0.176. The number of methoxy groups -OCH3 is 1. The summed E-state index contributed by atoms with van der Waals surface area (Å²) in [5.41, 5.74) is 0.775. The Morgan fingerprint density at radius 1 is 1.32 bits per heavy atom. The Morgan fingerprint density at radius 2 is 1.95 bits per heavy atom. The van der Waals surface area contributed by atoms with Crippen molar-refractivity contribution in [2.24, 2.45) is 0 Å². The van der Waals surface area contributed by atoms with Crippen LogP contribution in [0.1, 0.15) is 18.4 Å². The molecule has 1 aromatic carbocycles. The van der Waals surface area contributed by atoms with Gasteiger partial charge >= 0.3 is 0 Å². The summed E-state index contributed by atoms with van der Waals surface area (Å²) in [6.45, 7) is 2.86. The van der Waals surface area contributed by atoms with Crippen molar-refractivity contribution in [1.29, 1.82) is 0 Å². The van der Waals surface area contributed by atoms with Gasteiger partial charge in [-0.25, -0.2) is 8.42 Å². The maximum absolute atomic E-state index is 12.6. The molecule has 0 bridgehead atoms. The van der Waals surface area contributed by atoms with Crippen molar-refractivity contribution in [3.8, 4) is 0 Å². The van der Waals surface area contributed by atoms with E-state index in [1.807, 2.05) is 19.1 Å². The highest BCUT2D eigenvalue weighted by Gasteiger charge is 2.30. The first-order valence-corrected chi connectivity index (χ1v) is 8.47. The summed E-state index contributed by atoms with van der Waals surface area (Å²) < 4.78 is 32.8. The Morgan fingerprint density at radius 3 is 2.53 bits per heavy atom. The van der Waals surface area contributed by atoms with Gasteiger partial charge in [0.1, 0.15) is 0 Å². The Balaban J connectivity index is 2.26. The van der Waals surface area contributed by atoms with Gasteiger partial charge < -0.3 is 4.74 Å². The van der Waals surface area contributed by atoms with Crippen LogP contribution in [0.4, 0.5) is 0 Å². The van der Waals surface area contributed by atoms with Crippen LogP contribution in [0.15, 0.2) is 27.6 Å². The SMILES string of the molecule is COC1CCN(S(=O)(=O)c2cc(Br)ccc2C)CC1. The highest BCUT2D eigenvalue weighted by molar-refractivity contribution is 9.10. The first-order chi connectivity index (χ1) is 8.95. The highest BCUT2D eigenvalue weighted by atomic mass is 79.9. The normalized spacial score (nSPS) is 18.7. The van der Waals surface area contributed by atoms with Gasteiger partial charge in [0.15, 0.2) is 0 Å². The third-order valence-electron chi connectivity index (χ3n) is 3.50. The second-order valence-electron chi connectivity index (χ2n) is 4.75. The van der Waals surface area contributed by atoms with Gasteiger partial charge in [-0.2, -0.15) is 4.31 Å². The number of benzene rings is 1. The highest BCUT2D eigenvalue weighted by Crippen LogP contribution is 2.26. The summed E-state index contributed by atoms with van der Waals surface area (Å²) in [4.78, 5) is 0.387. The van der Waals surface area contributed by atoms with Crippen molar-refractivity contribution in [1.82, 2.24) is 4.31 Å². The van der Waals surface area contributed by atoms with Crippen LogP contribution < -0.4 is 0 Å². The molecule has 1 saturated heterocycles. The number of halogens is 1. The van der Waals surface area contributed by atoms with Crippen LogP contribution in [-0.4, -0.2) is 39.0 Å². The lowest BCUT2D eigenvalue weighted by atomic mass is 10.1. The number of rotatable bonds is 3. The number of piperidine rings is 1. The zero-order valence-electron chi connectivity index (χ0n) is 11.1. The fourth-order valence-corrected chi connectivity index (χ4v) is 4.53. The van der Waals surface area contributed by atoms with Gasteiger partial charge in [0.25, 0.3) is 0 Å².